The minimum atomic E-state index is -1.45. The van der Waals surface area contributed by atoms with Gasteiger partial charge in [0.1, 0.15) is 6.04 Å². The lowest BCUT2D eigenvalue weighted by molar-refractivity contribution is -0.147. The topological polar surface area (TPSA) is 130 Å². The molecule has 0 aliphatic carbocycles. The average Bonchev–Trinajstić information content (AvgIpc) is 2.14. The van der Waals surface area contributed by atoms with E-state index >= 15 is 0 Å². The molecule has 0 saturated heterocycles. The SMILES string of the molecule is CC(C)CC(N)C(=O)N[C@@H](CC(=O)O)C(=O)O. The monoisotopic (exact) mass is 246 g/mol. The lowest BCUT2D eigenvalue weighted by Gasteiger charge is -2.17. The van der Waals surface area contributed by atoms with Gasteiger partial charge in [-0.3, -0.25) is 9.59 Å². The van der Waals surface area contributed by atoms with Crippen LogP contribution in [-0.4, -0.2) is 40.1 Å². The summed E-state index contributed by atoms with van der Waals surface area (Å²) in [6, 6.07) is -2.27. The Bertz CT molecular complexity index is 303. The molecule has 0 aromatic carbocycles. The Hall–Kier alpha value is -1.63. The Morgan fingerprint density at radius 2 is 1.76 bits per heavy atom. The summed E-state index contributed by atoms with van der Waals surface area (Å²) < 4.78 is 0. The predicted molar refractivity (Wildman–Crippen MR) is 59.2 cm³/mol. The van der Waals surface area contributed by atoms with Crippen LogP contribution in [0.1, 0.15) is 26.7 Å². The molecule has 7 nitrogen and oxygen atoms in total. The first-order valence-corrected chi connectivity index (χ1v) is 5.24. The van der Waals surface area contributed by atoms with Gasteiger partial charge in [0, 0.05) is 0 Å². The van der Waals surface area contributed by atoms with Crippen molar-refractivity contribution in [3.05, 3.63) is 0 Å². The second-order valence-corrected chi connectivity index (χ2v) is 4.23. The van der Waals surface area contributed by atoms with Crippen LogP contribution in [0.25, 0.3) is 0 Å². The smallest absolute Gasteiger partial charge is 0.326 e. The molecule has 0 bridgehead atoms. The van der Waals surface area contributed by atoms with Crippen molar-refractivity contribution in [2.45, 2.75) is 38.8 Å². The van der Waals surface area contributed by atoms with Crippen LogP contribution in [0, 0.1) is 5.92 Å². The molecular weight excluding hydrogens is 228 g/mol. The number of nitrogens with two attached hydrogens (primary N) is 1. The van der Waals surface area contributed by atoms with Gasteiger partial charge in [0.25, 0.3) is 0 Å². The van der Waals surface area contributed by atoms with Gasteiger partial charge in [0.2, 0.25) is 5.91 Å². The summed E-state index contributed by atoms with van der Waals surface area (Å²) in [5, 5.41) is 19.3. The van der Waals surface area contributed by atoms with E-state index < -0.39 is 36.4 Å². The van der Waals surface area contributed by atoms with E-state index in [2.05, 4.69) is 5.32 Å². The lowest BCUT2D eigenvalue weighted by atomic mass is 10.0. The first-order valence-electron chi connectivity index (χ1n) is 5.24. The lowest BCUT2D eigenvalue weighted by Crippen LogP contribution is -2.49. The molecule has 0 aliphatic heterocycles. The maximum absolute atomic E-state index is 11.5. The number of carboxylic acids is 2. The summed E-state index contributed by atoms with van der Waals surface area (Å²) in [5.74, 6) is -3.14. The number of amides is 1. The van der Waals surface area contributed by atoms with Crippen molar-refractivity contribution in [3.63, 3.8) is 0 Å². The van der Waals surface area contributed by atoms with Crippen LogP contribution in [-0.2, 0) is 14.4 Å². The normalized spacial score (nSPS) is 14.1. The van der Waals surface area contributed by atoms with Crippen molar-refractivity contribution in [1.29, 1.82) is 0 Å². The van der Waals surface area contributed by atoms with Crippen molar-refractivity contribution in [1.82, 2.24) is 5.32 Å². The fourth-order valence-corrected chi connectivity index (χ4v) is 1.27. The van der Waals surface area contributed by atoms with Crippen LogP contribution in [0.2, 0.25) is 0 Å². The van der Waals surface area contributed by atoms with Crippen molar-refractivity contribution in [2.75, 3.05) is 0 Å². The third kappa shape index (κ3) is 6.52. The fourth-order valence-electron chi connectivity index (χ4n) is 1.27. The third-order valence-corrected chi connectivity index (χ3v) is 2.06. The van der Waals surface area contributed by atoms with Gasteiger partial charge in [-0.25, -0.2) is 4.79 Å². The van der Waals surface area contributed by atoms with E-state index in [0.717, 1.165) is 0 Å². The molecule has 0 rings (SSSR count). The van der Waals surface area contributed by atoms with Crippen LogP contribution >= 0.6 is 0 Å². The van der Waals surface area contributed by atoms with E-state index in [-0.39, 0.29) is 5.92 Å². The van der Waals surface area contributed by atoms with Crippen LogP contribution < -0.4 is 11.1 Å². The number of hydrogen-bond donors (Lipinski definition) is 4. The minimum Gasteiger partial charge on any atom is -0.481 e. The zero-order chi connectivity index (χ0) is 13.6. The van der Waals surface area contributed by atoms with Crippen molar-refractivity contribution >= 4 is 17.8 Å². The summed E-state index contributed by atoms with van der Waals surface area (Å²) in [6.45, 7) is 3.75. The molecular formula is C10H18N2O5. The standard InChI is InChI=1S/C10H18N2O5/c1-5(2)3-6(11)9(15)12-7(10(16)17)4-8(13)14/h5-7H,3-4,11H2,1-2H3,(H,12,15)(H,13,14)(H,16,17)/t6?,7-/m0/s1. The van der Waals surface area contributed by atoms with E-state index in [9.17, 15) is 14.4 Å². The molecule has 0 aromatic rings. The highest BCUT2D eigenvalue weighted by atomic mass is 16.4. The summed E-state index contributed by atoms with van der Waals surface area (Å²) in [6.07, 6.45) is -0.263. The average molecular weight is 246 g/mol. The number of aliphatic carboxylic acids is 2. The van der Waals surface area contributed by atoms with E-state index in [4.69, 9.17) is 15.9 Å². The van der Waals surface area contributed by atoms with E-state index in [0.29, 0.717) is 6.42 Å². The first-order chi connectivity index (χ1) is 7.73. The molecule has 0 heterocycles. The number of carbonyl (C=O) groups is 3. The molecule has 0 aromatic heterocycles. The van der Waals surface area contributed by atoms with Gasteiger partial charge in [-0.1, -0.05) is 13.8 Å². The summed E-state index contributed by atoms with van der Waals surface area (Å²) in [7, 11) is 0. The highest BCUT2D eigenvalue weighted by Crippen LogP contribution is 2.03. The van der Waals surface area contributed by atoms with Crippen LogP contribution in [0.3, 0.4) is 0 Å². The Balaban J connectivity index is 4.39. The first kappa shape index (κ1) is 15.4. The van der Waals surface area contributed by atoms with Gasteiger partial charge < -0.3 is 21.3 Å². The highest BCUT2D eigenvalue weighted by Gasteiger charge is 2.25. The molecule has 17 heavy (non-hydrogen) atoms. The largest absolute Gasteiger partial charge is 0.481 e. The van der Waals surface area contributed by atoms with Crippen molar-refractivity contribution < 1.29 is 24.6 Å². The molecule has 7 heteroatoms. The van der Waals surface area contributed by atoms with Gasteiger partial charge in [0.15, 0.2) is 0 Å². The van der Waals surface area contributed by atoms with E-state index in [1.54, 1.807) is 0 Å². The van der Waals surface area contributed by atoms with Gasteiger partial charge in [0.05, 0.1) is 12.5 Å². The van der Waals surface area contributed by atoms with Crippen molar-refractivity contribution in [2.24, 2.45) is 11.7 Å². The summed E-state index contributed by atoms with van der Waals surface area (Å²) >= 11 is 0. The Kier molecular flexibility index (Phi) is 6.19. The molecule has 1 unspecified atom stereocenters. The van der Waals surface area contributed by atoms with Crippen molar-refractivity contribution in [3.8, 4) is 0 Å². The maximum Gasteiger partial charge on any atom is 0.326 e. The molecule has 0 fully saturated rings. The number of hydrogen-bond acceptors (Lipinski definition) is 4. The Labute approximate surface area is 99.0 Å². The maximum atomic E-state index is 11.5. The van der Waals surface area contributed by atoms with Crippen LogP contribution in [0.5, 0.6) is 0 Å². The summed E-state index contributed by atoms with van der Waals surface area (Å²) in [4.78, 5) is 32.6. The van der Waals surface area contributed by atoms with Gasteiger partial charge in [-0.15, -0.1) is 0 Å². The van der Waals surface area contributed by atoms with Gasteiger partial charge >= 0.3 is 11.9 Å². The molecule has 5 N–H and O–H groups in total. The van der Waals surface area contributed by atoms with Gasteiger partial charge in [-0.2, -0.15) is 0 Å². The molecule has 0 aliphatic rings. The second kappa shape index (κ2) is 6.85. The number of carboxylic acid groups (broad SMARTS) is 2. The molecule has 98 valence electrons. The zero-order valence-electron chi connectivity index (χ0n) is 9.84. The molecule has 1 amide bonds. The molecule has 0 radical (unpaired) electrons. The zero-order valence-corrected chi connectivity index (χ0v) is 9.84. The molecule has 0 saturated carbocycles. The fraction of sp³-hybridized carbons (Fsp3) is 0.700. The molecule has 0 spiro atoms. The quantitative estimate of drug-likeness (QED) is 0.474. The van der Waals surface area contributed by atoms with Gasteiger partial charge in [-0.05, 0) is 12.3 Å². The number of carbonyl (C=O) groups excluding carboxylic acids is 1. The van der Waals surface area contributed by atoms with Crippen LogP contribution in [0.4, 0.5) is 0 Å². The second-order valence-electron chi connectivity index (χ2n) is 4.23. The Morgan fingerprint density at radius 3 is 2.12 bits per heavy atom. The highest BCUT2D eigenvalue weighted by molar-refractivity contribution is 5.89. The number of rotatable bonds is 7. The third-order valence-electron chi connectivity index (χ3n) is 2.06. The number of nitrogens with one attached hydrogen (secondary N) is 1. The Morgan fingerprint density at radius 1 is 1.24 bits per heavy atom. The van der Waals surface area contributed by atoms with Crippen LogP contribution in [0.15, 0.2) is 0 Å². The summed E-state index contributed by atoms with van der Waals surface area (Å²) in [5.41, 5.74) is 5.54. The predicted octanol–water partition coefficient (Wildman–Crippen LogP) is -0.596. The van der Waals surface area contributed by atoms with E-state index in [1.807, 2.05) is 13.8 Å². The minimum absolute atomic E-state index is 0.193. The van der Waals surface area contributed by atoms with E-state index in [1.165, 1.54) is 0 Å². The molecule has 2 atom stereocenters.